The van der Waals surface area contributed by atoms with Crippen LogP contribution in [0.5, 0.6) is 0 Å². The normalized spacial score (nSPS) is 13.1. The number of hydrogen-bond donors (Lipinski definition) is 0. The average molecular weight is 1040 g/mol. The predicted molar refractivity (Wildman–Crippen MR) is 254 cm³/mol. The van der Waals surface area contributed by atoms with E-state index in [0.29, 0.717) is 22.6 Å². The van der Waals surface area contributed by atoms with E-state index < -0.39 is 26.0 Å². The number of imidazole rings is 1. The number of pyridine rings is 2. The molecule has 61 heavy (non-hydrogen) atoms. The van der Waals surface area contributed by atoms with Crippen LogP contribution < -0.4 is 4.40 Å². The fraction of sp³-hybridized carbons (Fsp3) is 0.241. The molecule has 5 nitrogen and oxygen atoms in total. The molecule has 0 unspecified atom stereocenters. The van der Waals surface area contributed by atoms with Crippen LogP contribution in [0.4, 0.5) is 0 Å². The second-order valence-electron chi connectivity index (χ2n) is 17.4. The number of hydrogen-bond acceptors (Lipinski definition) is 4. The summed E-state index contributed by atoms with van der Waals surface area (Å²) in [4.78, 5) is 14.5. The zero-order valence-corrected chi connectivity index (χ0v) is 40.8. The molecule has 0 amide bonds. The molecule has 1 radical (unpaired) electrons. The van der Waals surface area contributed by atoms with Crippen molar-refractivity contribution >= 4 is 50.8 Å². The quantitative estimate of drug-likeness (QED) is 0.112. The van der Waals surface area contributed by atoms with E-state index in [1.54, 1.807) is 12.1 Å². The van der Waals surface area contributed by atoms with Crippen LogP contribution in [0.3, 0.4) is 0 Å². The molecule has 9 rings (SSSR count). The smallest absolute Gasteiger partial charge is 0 e. The van der Waals surface area contributed by atoms with E-state index in [-0.39, 0.29) is 31.9 Å². The van der Waals surface area contributed by atoms with Crippen molar-refractivity contribution in [1.82, 2.24) is 19.5 Å². The Bertz CT molecular complexity index is 3020. The Morgan fingerprint density at radius 2 is 1.46 bits per heavy atom. The van der Waals surface area contributed by atoms with Crippen molar-refractivity contribution in [2.45, 2.75) is 83.4 Å². The van der Waals surface area contributed by atoms with Crippen LogP contribution in [0.15, 0.2) is 132 Å². The maximum Gasteiger partial charge on any atom is 0 e. The minimum atomic E-state index is -2.08. The van der Waals surface area contributed by atoms with Gasteiger partial charge in [0.1, 0.15) is 0 Å². The molecule has 0 aliphatic carbocycles. The number of benzene rings is 5. The van der Waals surface area contributed by atoms with Gasteiger partial charge in [0.25, 0.3) is 0 Å². The SMILES string of the molecule is [2H]C(C)(C)c1ccc2c(n1)oc1c(-c3nc4ccccc4n3-c3c(C(C)C)cc(-c4ccccc4)cc3C(C)C)[c-]ccc12.[2H]C([2H])([2H])c1c[c-]c(-c2cc[c]([Ge]([CH3])([CH3])[CH3])cn2)cc1.[Ir]. The molecule has 0 fully saturated rings. The van der Waals surface area contributed by atoms with Crippen LogP contribution >= 0.6 is 0 Å². The zero-order valence-electron chi connectivity index (χ0n) is 40.3. The van der Waals surface area contributed by atoms with E-state index in [0.717, 1.165) is 50.1 Å². The molecule has 0 N–H and O–H groups in total. The topological polar surface area (TPSA) is 56.7 Å². The largest absolute Gasteiger partial charge is 0 e. The fourth-order valence-corrected chi connectivity index (χ4v) is 9.86. The van der Waals surface area contributed by atoms with Crippen molar-refractivity contribution in [2.75, 3.05) is 0 Å². The Balaban J connectivity index is 0.000000253. The number of fused-ring (bicyclic) bond motifs is 4. The number of rotatable bonds is 8. The maximum atomic E-state index is 8.50. The Kier molecular flexibility index (Phi) is 11.5. The van der Waals surface area contributed by atoms with Gasteiger partial charge in [-0.15, -0.1) is 18.2 Å². The Morgan fingerprint density at radius 1 is 0.738 bits per heavy atom. The third-order valence-corrected chi connectivity index (χ3v) is 15.3. The molecule has 0 aliphatic heterocycles. The van der Waals surface area contributed by atoms with Gasteiger partial charge in [-0.1, -0.05) is 95.0 Å². The van der Waals surface area contributed by atoms with Crippen LogP contribution in [0.25, 0.3) is 72.6 Å². The first-order chi connectivity index (χ1) is 30.3. The Hall–Kier alpha value is -5.14. The predicted octanol–water partition coefficient (Wildman–Crippen LogP) is 14.2. The standard InChI is InChI=1S/C39H36N3O.C15H18GeN.Ir/c1-23(2)31-21-27(26-13-8-7-9-14-26)22-32(24(3)4)36(31)42-35-18-11-10-17-34(35)40-38(42)30-16-12-15-28-29-19-20-33(25(5)6)41-39(29)43-37(28)30;1-12-5-7-13(8-6-12)15-10-9-14(11-17-15)16(2,3)4;/h7-15,17-25H,1-6H3;5-7,9-11H,1-4H3;/q2*-1;/i25D;1D3;. The third-order valence-electron chi connectivity index (χ3n) is 11.1. The van der Waals surface area contributed by atoms with E-state index in [2.05, 4.69) is 133 Å². The summed E-state index contributed by atoms with van der Waals surface area (Å²) >= 11 is -1.83. The Morgan fingerprint density at radius 3 is 2.08 bits per heavy atom. The van der Waals surface area contributed by atoms with Gasteiger partial charge in [0, 0.05) is 38.2 Å². The fourth-order valence-electron chi connectivity index (χ4n) is 7.68. The second-order valence-corrected chi connectivity index (χ2v) is 28.0. The molecule has 0 aliphatic rings. The van der Waals surface area contributed by atoms with Crippen molar-refractivity contribution in [3.8, 4) is 39.5 Å². The molecule has 4 heterocycles. The van der Waals surface area contributed by atoms with Crippen molar-refractivity contribution < 1.29 is 30.0 Å². The first-order valence-corrected chi connectivity index (χ1v) is 28.1. The monoisotopic (exact) mass is 1050 g/mol. The molecule has 0 spiro atoms. The molecule has 0 bridgehead atoms. The molecule has 0 atom stereocenters. The molecule has 4 aromatic heterocycles. The van der Waals surface area contributed by atoms with E-state index in [4.69, 9.17) is 19.9 Å². The first-order valence-electron chi connectivity index (χ1n) is 22.7. The molecule has 311 valence electrons. The molecular weight excluding hydrogens is 985 g/mol. The van der Waals surface area contributed by atoms with E-state index >= 15 is 0 Å². The van der Waals surface area contributed by atoms with Crippen LogP contribution in [0, 0.1) is 19.0 Å². The van der Waals surface area contributed by atoms with Crippen molar-refractivity contribution in [3.63, 3.8) is 0 Å². The van der Waals surface area contributed by atoms with Crippen molar-refractivity contribution in [2.24, 2.45) is 0 Å². The molecule has 0 saturated heterocycles. The zero-order chi connectivity index (χ0) is 45.7. The van der Waals surface area contributed by atoms with Gasteiger partial charge in [-0.2, -0.15) is 0 Å². The molecule has 0 saturated carbocycles. The van der Waals surface area contributed by atoms with Gasteiger partial charge in [-0.3, -0.25) is 4.98 Å². The number of aryl methyl sites for hydroxylation is 1. The van der Waals surface area contributed by atoms with Crippen LogP contribution in [0.1, 0.15) is 87.1 Å². The molecule has 5 aromatic carbocycles. The summed E-state index contributed by atoms with van der Waals surface area (Å²) in [6.45, 7) is 10.7. The average Bonchev–Trinajstić information content (AvgIpc) is 3.84. The van der Waals surface area contributed by atoms with Gasteiger partial charge in [-0.25, -0.2) is 4.98 Å². The summed E-state index contributed by atoms with van der Waals surface area (Å²) < 4.78 is 40.7. The summed E-state index contributed by atoms with van der Waals surface area (Å²) in [7, 11) is 0. The van der Waals surface area contributed by atoms with Gasteiger partial charge in [0.2, 0.25) is 5.71 Å². The number of furan rings is 1. The van der Waals surface area contributed by atoms with Crippen LogP contribution in [-0.2, 0) is 20.1 Å². The van der Waals surface area contributed by atoms with Gasteiger partial charge in [0.15, 0.2) is 0 Å². The minimum absolute atomic E-state index is 0. The van der Waals surface area contributed by atoms with E-state index in [1.807, 2.05) is 56.4 Å². The third kappa shape index (κ3) is 8.95. The van der Waals surface area contributed by atoms with Gasteiger partial charge >= 0.3 is 110 Å². The summed E-state index contributed by atoms with van der Waals surface area (Å²) in [5.74, 6) is 7.47. The van der Waals surface area contributed by atoms with Gasteiger partial charge in [-0.05, 0) is 76.4 Å². The summed E-state index contributed by atoms with van der Waals surface area (Å²) in [6, 6.07) is 47.1. The van der Waals surface area contributed by atoms with Crippen LogP contribution in [0.2, 0.25) is 17.3 Å². The molecule has 9 aromatic rings. The number of aromatic nitrogens is 4. The maximum absolute atomic E-state index is 8.50. The summed E-state index contributed by atoms with van der Waals surface area (Å²) in [6.07, 6.45) is 1.95. The number of para-hydroxylation sites is 2. The van der Waals surface area contributed by atoms with Gasteiger partial charge < -0.3 is 8.98 Å². The summed E-state index contributed by atoms with van der Waals surface area (Å²) in [5.41, 5.74) is 12.7. The summed E-state index contributed by atoms with van der Waals surface area (Å²) in [5, 5.41) is 1.88. The Labute approximate surface area is 383 Å². The second kappa shape index (κ2) is 18.1. The van der Waals surface area contributed by atoms with E-state index in [9.17, 15) is 0 Å². The van der Waals surface area contributed by atoms with Crippen molar-refractivity contribution in [1.29, 1.82) is 0 Å². The molecule has 7 heteroatoms. The number of nitrogens with zero attached hydrogens (tertiary/aromatic N) is 4. The molecular formula is C54H54GeIrN4O-2. The van der Waals surface area contributed by atoms with E-state index in [1.165, 1.54) is 32.7 Å². The van der Waals surface area contributed by atoms with Gasteiger partial charge in [0.05, 0.1) is 22.4 Å². The first kappa shape index (κ1) is 38.8. The minimum Gasteiger partial charge on any atom is 0 e. The van der Waals surface area contributed by atoms with Crippen molar-refractivity contribution in [3.05, 3.63) is 162 Å². The van der Waals surface area contributed by atoms with Crippen LogP contribution in [-0.4, -0.2) is 32.8 Å².